The van der Waals surface area contributed by atoms with Gasteiger partial charge in [-0.3, -0.25) is 0 Å². The second-order valence-electron chi connectivity index (χ2n) is 6.38. The Labute approximate surface area is 146 Å². The van der Waals surface area contributed by atoms with E-state index in [0.29, 0.717) is 29.4 Å². The van der Waals surface area contributed by atoms with Crippen molar-refractivity contribution in [2.45, 2.75) is 12.5 Å². The zero-order valence-corrected chi connectivity index (χ0v) is 13.9. The van der Waals surface area contributed by atoms with E-state index in [4.69, 9.17) is 5.26 Å². The van der Waals surface area contributed by atoms with Crippen molar-refractivity contribution >= 4 is 5.82 Å². The number of nitriles is 1. The van der Waals surface area contributed by atoms with E-state index < -0.39 is 6.10 Å². The van der Waals surface area contributed by atoms with Gasteiger partial charge in [0.05, 0.1) is 11.7 Å². The molecule has 0 amide bonds. The van der Waals surface area contributed by atoms with E-state index in [9.17, 15) is 9.50 Å². The molecule has 6 heteroatoms. The predicted octanol–water partition coefficient (Wildman–Crippen LogP) is 2.56. The van der Waals surface area contributed by atoms with Crippen LogP contribution in [-0.4, -0.2) is 41.2 Å². The van der Waals surface area contributed by atoms with Crippen LogP contribution in [0, 0.1) is 23.1 Å². The summed E-state index contributed by atoms with van der Waals surface area (Å²) in [5.74, 6) is 0.709. The second kappa shape index (κ2) is 8.06. The van der Waals surface area contributed by atoms with Gasteiger partial charge in [0.2, 0.25) is 0 Å². The maximum absolute atomic E-state index is 13.3. The van der Waals surface area contributed by atoms with Crippen LogP contribution in [-0.2, 0) is 0 Å². The quantitative estimate of drug-likeness (QED) is 0.846. The molecular weight excluding hydrogens is 319 g/mol. The van der Waals surface area contributed by atoms with Crippen molar-refractivity contribution in [1.29, 1.82) is 5.26 Å². The molecule has 0 radical (unpaired) electrons. The Hall–Kier alpha value is -2.49. The summed E-state index contributed by atoms with van der Waals surface area (Å²) >= 11 is 0. The highest BCUT2D eigenvalue weighted by Gasteiger charge is 2.24. The summed E-state index contributed by atoms with van der Waals surface area (Å²) in [6.07, 6.45) is 1.99. The van der Waals surface area contributed by atoms with E-state index in [1.165, 1.54) is 12.1 Å². The Morgan fingerprint density at radius 2 is 2.28 bits per heavy atom. The minimum atomic E-state index is -0.691. The van der Waals surface area contributed by atoms with Crippen molar-refractivity contribution < 1.29 is 9.50 Å². The zero-order chi connectivity index (χ0) is 17.6. The molecule has 1 aromatic carbocycles. The first-order valence-electron chi connectivity index (χ1n) is 8.40. The third kappa shape index (κ3) is 4.53. The average Bonchev–Trinajstić information content (AvgIpc) is 3.07. The van der Waals surface area contributed by atoms with Crippen LogP contribution in [0.15, 0.2) is 42.6 Å². The van der Waals surface area contributed by atoms with Crippen LogP contribution in [0.4, 0.5) is 10.2 Å². The first-order valence-corrected chi connectivity index (χ1v) is 8.40. The number of β-amino-alcohol motifs (C(OH)–C–C–N with tert-alkyl or cyclic N) is 1. The SMILES string of the molecule is N#Cc1cccnc1NC[C@@H]1CCN(C[C@H](O)c2cccc(F)c2)C1. The number of pyridine rings is 1. The van der Waals surface area contributed by atoms with Gasteiger partial charge < -0.3 is 15.3 Å². The fourth-order valence-electron chi connectivity index (χ4n) is 3.19. The fraction of sp³-hybridized carbons (Fsp3) is 0.368. The van der Waals surface area contributed by atoms with Gasteiger partial charge in [-0.25, -0.2) is 9.37 Å². The van der Waals surface area contributed by atoms with Crippen molar-refractivity contribution in [3.8, 4) is 6.07 Å². The number of nitrogens with zero attached hydrogens (tertiary/aromatic N) is 3. The maximum Gasteiger partial charge on any atom is 0.143 e. The van der Waals surface area contributed by atoms with E-state index in [-0.39, 0.29) is 5.82 Å². The Bertz CT molecular complexity index is 761. The number of benzene rings is 1. The Morgan fingerprint density at radius 1 is 1.40 bits per heavy atom. The van der Waals surface area contributed by atoms with Gasteiger partial charge in [-0.05, 0) is 48.7 Å². The number of likely N-dealkylation sites (tertiary alicyclic amines) is 1. The Kier molecular flexibility index (Phi) is 5.59. The Morgan fingerprint density at radius 3 is 3.08 bits per heavy atom. The summed E-state index contributed by atoms with van der Waals surface area (Å²) < 4.78 is 13.3. The number of halogens is 1. The molecule has 0 spiro atoms. The number of aliphatic hydroxyl groups is 1. The molecule has 2 atom stereocenters. The number of hydrogen-bond acceptors (Lipinski definition) is 5. The minimum absolute atomic E-state index is 0.330. The molecule has 3 rings (SSSR count). The topological polar surface area (TPSA) is 72.2 Å². The molecular formula is C19H21FN4O. The van der Waals surface area contributed by atoms with Gasteiger partial charge in [0.1, 0.15) is 17.7 Å². The largest absolute Gasteiger partial charge is 0.387 e. The molecule has 0 aliphatic carbocycles. The summed E-state index contributed by atoms with van der Waals surface area (Å²) in [5, 5.41) is 22.6. The highest BCUT2D eigenvalue weighted by atomic mass is 19.1. The number of hydrogen-bond donors (Lipinski definition) is 2. The van der Waals surface area contributed by atoms with Crippen LogP contribution in [0.1, 0.15) is 23.7 Å². The third-order valence-electron chi connectivity index (χ3n) is 4.52. The van der Waals surface area contributed by atoms with Crippen molar-refractivity contribution in [2.24, 2.45) is 5.92 Å². The van der Waals surface area contributed by atoms with Gasteiger partial charge in [-0.1, -0.05) is 12.1 Å². The lowest BCUT2D eigenvalue weighted by molar-refractivity contribution is 0.124. The van der Waals surface area contributed by atoms with Crippen LogP contribution in [0.5, 0.6) is 0 Å². The zero-order valence-electron chi connectivity index (χ0n) is 13.9. The van der Waals surface area contributed by atoms with Crippen LogP contribution in [0.25, 0.3) is 0 Å². The van der Waals surface area contributed by atoms with E-state index in [2.05, 4.69) is 21.3 Å². The molecule has 1 saturated heterocycles. The molecule has 130 valence electrons. The van der Waals surface area contributed by atoms with Crippen molar-refractivity contribution in [2.75, 3.05) is 31.5 Å². The van der Waals surface area contributed by atoms with Crippen LogP contribution >= 0.6 is 0 Å². The maximum atomic E-state index is 13.3. The molecule has 0 bridgehead atoms. The van der Waals surface area contributed by atoms with Gasteiger partial charge in [0, 0.05) is 25.8 Å². The third-order valence-corrected chi connectivity index (χ3v) is 4.52. The molecule has 5 nitrogen and oxygen atoms in total. The number of rotatable bonds is 6. The van der Waals surface area contributed by atoms with Gasteiger partial charge in [-0.2, -0.15) is 5.26 Å². The average molecular weight is 340 g/mol. The summed E-state index contributed by atoms with van der Waals surface area (Å²) in [4.78, 5) is 6.39. The molecule has 1 aliphatic heterocycles. The summed E-state index contributed by atoms with van der Waals surface area (Å²) in [7, 11) is 0. The smallest absolute Gasteiger partial charge is 0.143 e. The Balaban J connectivity index is 1.49. The van der Waals surface area contributed by atoms with Crippen LogP contribution in [0.3, 0.4) is 0 Å². The van der Waals surface area contributed by atoms with Gasteiger partial charge in [0.15, 0.2) is 0 Å². The monoisotopic (exact) mass is 340 g/mol. The lowest BCUT2D eigenvalue weighted by atomic mass is 10.1. The molecule has 25 heavy (non-hydrogen) atoms. The molecule has 0 saturated carbocycles. The molecule has 2 heterocycles. The molecule has 2 aromatic rings. The van der Waals surface area contributed by atoms with Crippen molar-refractivity contribution in [3.63, 3.8) is 0 Å². The van der Waals surface area contributed by atoms with Gasteiger partial charge >= 0.3 is 0 Å². The van der Waals surface area contributed by atoms with Crippen molar-refractivity contribution in [1.82, 2.24) is 9.88 Å². The minimum Gasteiger partial charge on any atom is -0.387 e. The van der Waals surface area contributed by atoms with E-state index in [1.54, 1.807) is 30.5 Å². The van der Waals surface area contributed by atoms with E-state index in [0.717, 1.165) is 26.1 Å². The molecule has 1 aromatic heterocycles. The van der Waals surface area contributed by atoms with Crippen LogP contribution < -0.4 is 5.32 Å². The van der Waals surface area contributed by atoms with Gasteiger partial charge in [-0.15, -0.1) is 0 Å². The van der Waals surface area contributed by atoms with Crippen molar-refractivity contribution in [3.05, 3.63) is 59.5 Å². The van der Waals surface area contributed by atoms with Gasteiger partial charge in [0.25, 0.3) is 0 Å². The summed E-state index contributed by atoms with van der Waals surface area (Å²) in [6.45, 7) is 2.98. The summed E-state index contributed by atoms with van der Waals surface area (Å²) in [5.41, 5.74) is 1.15. The lowest BCUT2D eigenvalue weighted by Crippen LogP contribution is -2.28. The number of aromatic nitrogens is 1. The fourth-order valence-corrected chi connectivity index (χ4v) is 3.19. The number of nitrogens with one attached hydrogen (secondary N) is 1. The number of anilines is 1. The number of aliphatic hydroxyl groups excluding tert-OH is 1. The lowest BCUT2D eigenvalue weighted by Gasteiger charge is -2.20. The van der Waals surface area contributed by atoms with E-state index >= 15 is 0 Å². The second-order valence-corrected chi connectivity index (χ2v) is 6.38. The highest BCUT2D eigenvalue weighted by molar-refractivity contribution is 5.51. The highest BCUT2D eigenvalue weighted by Crippen LogP contribution is 2.22. The molecule has 2 N–H and O–H groups in total. The van der Waals surface area contributed by atoms with Crippen LogP contribution in [0.2, 0.25) is 0 Å². The first-order chi connectivity index (χ1) is 12.2. The normalized spacial score (nSPS) is 18.7. The summed E-state index contributed by atoms with van der Waals surface area (Å²) in [6, 6.07) is 11.7. The molecule has 1 fully saturated rings. The van der Waals surface area contributed by atoms with E-state index in [1.807, 2.05) is 0 Å². The molecule has 0 unspecified atom stereocenters. The first kappa shape index (κ1) is 17.3. The standard InChI is InChI=1S/C19H21FN4O/c20-17-5-1-3-15(9-17)18(25)13-24-8-6-14(12-24)11-23-19-16(10-21)4-2-7-22-19/h1-5,7,9,14,18,25H,6,8,11-13H2,(H,22,23)/t14-,18-/m0/s1. The molecule has 1 aliphatic rings. The predicted molar refractivity (Wildman–Crippen MR) is 93.3 cm³/mol.